The monoisotopic (exact) mass is 824 g/mol. The SMILES string of the molecule is CCCc1c(-c2cc(CN3CCN(Cc4cc(OC)cc(OC)c4OC)CC3)c(O)c(CN3CCN(Cc4cc(OC)cc(OC)c4OC)CC3)c2)ssc1=S. The van der Waals surface area contributed by atoms with Gasteiger partial charge in [-0.05, 0) is 41.8 Å². The zero-order valence-corrected chi connectivity index (χ0v) is 36.2. The van der Waals surface area contributed by atoms with Crippen LogP contribution >= 0.6 is 32.9 Å². The van der Waals surface area contributed by atoms with Gasteiger partial charge < -0.3 is 33.5 Å². The number of nitrogens with zero attached hydrogens (tertiary/aromatic N) is 4. The van der Waals surface area contributed by atoms with Crippen molar-refractivity contribution in [2.45, 2.75) is 45.9 Å². The number of phenols is 1. The summed E-state index contributed by atoms with van der Waals surface area (Å²) in [5.74, 6) is 4.70. The first kappa shape index (κ1) is 42.0. The highest BCUT2D eigenvalue weighted by Gasteiger charge is 2.26. The van der Waals surface area contributed by atoms with Crippen LogP contribution < -0.4 is 28.4 Å². The van der Waals surface area contributed by atoms with E-state index in [9.17, 15) is 5.11 Å². The Morgan fingerprint density at radius 3 is 1.32 bits per heavy atom. The molecule has 0 atom stereocenters. The van der Waals surface area contributed by atoms with Gasteiger partial charge in [-0.25, -0.2) is 0 Å². The van der Waals surface area contributed by atoms with Crippen LogP contribution in [0.4, 0.5) is 0 Å². The van der Waals surface area contributed by atoms with Crippen molar-refractivity contribution >= 4 is 32.9 Å². The first-order valence-corrected chi connectivity index (χ1v) is 21.7. The Hall–Kier alpha value is -3.63. The lowest BCUT2D eigenvalue weighted by molar-refractivity contribution is 0.118. The highest BCUT2D eigenvalue weighted by molar-refractivity contribution is 7.80. The number of methoxy groups -OCH3 is 6. The van der Waals surface area contributed by atoms with Crippen molar-refractivity contribution in [2.75, 3.05) is 95.0 Å². The Morgan fingerprint density at radius 1 is 0.554 bits per heavy atom. The maximum Gasteiger partial charge on any atom is 0.165 e. The average Bonchev–Trinajstić information content (AvgIpc) is 3.59. The van der Waals surface area contributed by atoms with Crippen LogP contribution in [0.25, 0.3) is 10.4 Å². The summed E-state index contributed by atoms with van der Waals surface area (Å²) in [6, 6.07) is 12.2. The standard InChI is InChI=1S/C42H56N4O7S3/c1-8-9-35-41(55-56-42(35)54)28-18-29(24-43-10-14-45(15-11-43)26-31-20-33(48-2)22-36(50-4)39(31)52-6)38(47)30(19-28)25-44-12-16-46(17-13-44)27-32-21-34(49-3)23-37(51-5)40(32)53-7/h18-23,47H,8-17,24-27H2,1-7H3. The number of phenolic OH excluding ortho intramolecular Hbond substituents is 1. The molecule has 3 aromatic carbocycles. The molecule has 304 valence electrons. The van der Waals surface area contributed by atoms with Crippen molar-refractivity contribution in [1.29, 1.82) is 0 Å². The van der Waals surface area contributed by atoms with Crippen LogP contribution in [-0.4, -0.2) is 120 Å². The fourth-order valence-electron chi connectivity index (χ4n) is 7.77. The van der Waals surface area contributed by atoms with Crippen molar-refractivity contribution in [2.24, 2.45) is 0 Å². The normalized spacial score (nSPS) is 15.8. The van der Waals surface area contributed by atoms with Gasteiger partial charge in [-0.3, -0.25) is 19.6 Å². The van der Waals surface area contributed by atoms with Crippen LogP contribution in [0.5, 0.6) is 40.2 Å². The molecule has 2 aliphatic rings. The zero-order valence-electron chi connectivity index (χ0n) is 33.8. The van der Waals surface area contributed by atoms with Crippen LogP contribution in [0.1, 0.15) is 41.2 Å². The summed E-state index contributed by atoms with van der Waals surface area (Å²) < 4.78 is 34.7. The van der Waals surface area contributed by atoms with Gasteiger partial charge in [0.05, 0.1) is 47.5 Å². The van der Waals surface area contributed by atoms with Gasteiger partial charge in [0.15, 0.2) is 23.0 Å². The maximum atomic E-state index is 11.9. The van der Waals surface area contributed by atoms with Crippen LogP contribution in [0.2, 0.25) is 0 Å². The van der Waals surface area contributed by atoms with E-state index in [4.69, 9.17) is 40.6 Å². The van der Waals surface area contributed by atoms with Crippen LogP contribution in [0.3, 0.4) is 0 Å². The number of hydrogen-bond acceptors (Lipinski definition) is 14. The van der Waals surface area contributed by atoms with E-state index in [1.54, 1.807) is 63.3 Å². The van der Waals surface area contributed by atoms with Gasteiger partial charge in [0.25, 0.3) is 0 Å². The van der Waals surface area contributed by atoms with Gasteiger partial charge >= 0.3 is 0 Å². The lowest BCUT2D eigenvalue weighted by Crippen LogP contribution is -2.45. The van der Waals surface area contributed by atoms with E-state index in [1.807, 2.05) is 24.3 Å². The molecule has 1 aromatic heterocycles. The van der Waals surface area contributed by atoms with Gasteiger partial charge in [0.2, 0.25) is 0 Å². The summed E-state index contributed by atoms with van der Waals surface area (Å²) in [5.41, 5.74) is 6.42. The third-order valence-corrected chi connectivity index (χ3v) is 14.0. The quantitative estimate of drug-likeness (QED) is 0.0843. The third-order valence-electron chi connectivity index (χ3n) is 10.8. The smallest absolute Gasteiger partial charge is 0.165 e. The van der Waals surface area contributed by atoms with Gasteiger partial charge in [-0.2, -0.15) is 0 Å². The molecule has 11 nitrogen and oxygen atoms in total. The van der Waals surface area contributed by atoms with E-state index in [-0.39, 0.29) is 0 Å². The fraction of sp³-hybridized carbons (Fsp3) is 0.500. The third kappa shape index (κ3) is 9.72. The molecule has 0 spiro atoms. The Balaban J connectivity index is 1.17. The van der Waals surface area contributed by atoms with E-state index in [0.29, 0.717) is 30.3 Å². The summed E-state index contributed by atoms with van der Waals surface area (Å²) >= 11 is 5.80. The molecule has 2 saturated heterocycles. The van der Waals surface area contributed by atoms with Crippen LogP contribution in [-0.2, 0) is 32.6 Å². The second-order valence-electron chi connectivity index (χ2n) is 14.3. The number of hydrogen-bond donors (Lipinski definition) is 1. The predicted molar refractivity (Wildman–Crippen MR) is 227 cm³/mol. The highest BCUT2D eigenvalue weighted by Crippen LogP contribution is 2.41. The second-order valence-corrected chi connectivity index (χ2v) is 17.1. The first-order valence-electron chi connectivity index (χ1n) is 19.2. The second kappa shape index (κ2) is 19.7. The number of ether oxygens (including phenoxy) is 6. The highest BCUT2D eigenvalue weighted by atomic mass is 32.9. The van der Waals surface area contributed by atoms with Crippen molar-refractivity contribution in [3.63, 3.8) is 0 Å². The molecule has 4 aromatic rings. The lowest BCUT2D eigenvalue weighted by Gasteiger charge is -2.36. The fourth-order valence-corrected chi connectivity index (χ4v) is 10.8. The molecule has 0 radical (unpaired) electrons. The molecule has 0 amide bonds. The van der Waals surface area contributed by atoms with Gasteiger partial charge in [0, 0.05) is 113 Å². The zero-order chi connectivity index (χ0) is 39.8. The molecule has 0 saturated carbocycles. The van der Waals surface area contributed by atoms with E-state index < -0.39 is 0 Å². The molecule has 0 bridgehead atoms. The Morgan fingerprint density at radius 2 is 0.964 bits per heavy atom. The summed E-state index contributed by atoms with van der Waals surface area (Å²) in [6.07, 6.45) is 1.99. The molecule has 0 unspecified atom stereocenters. The van der Waals surface area contributed by atoms with Gasteiger partial charge in [-0.1, -0.05) is 46.2 Å². The molecule has 0 aliphatic carbocycles. The Labute approximate surface area is 344 Å². The molecule has 2 fully saturated rings. The van der Waals surface area contributed by atoms with E-state index >= 15 is 0 Å². The number of aromatic hydroxyl groups is 1. The minimum absolute atomic E-state index is 0.399. The summed E-state index contributed by atoms with van der Waals surface area (Å²) in [5, 5.41) is 11.9. The van der Waals surface area contributed by atoms with E-state index in [0.717, 1.165) is 133 Å². The minimum atomic E-state index is 0.399. The molecular weight excluding hydrogens is 769 g/mol. The maximum absolute atomic E-state index is 11.9. The molecule has 3 heterocycles. The summed E-state index contributed by atoms with van der Waals surface area (Å²) in [7, 11) is 13.4. The number of rotatable bonds is 17. The Bertz CT molecular complexity index is 1880. The molecule has 6 rings (SSSR count). The molecule has 1 N–H and O–H groups in total. The summed E-state index contributed by atoms with van der Waals surface area (Å²) in [4.78, 5) is 11.0. The van der Waals surface area contributed by atoms with Crippen molar-refractivity contribution in [1.82, 2.24) is 19.6 Å². The van der Waals surface area contributed by atoms with Crippen molar-refractivity contribution < 1.29 is 33.5 Å². The molecular formula is C42H56N4O7S3. The number of piperazine rings is 2. The molecule has 2 aliphatic heterocycles. The van der Waals surface area contributed by atoms with E-state index in [2.05, 4.69) is 38.7 Å². The van der Waals surface area contributed by atoms with Gasteiger partial charge in [0.1, 0.15) is 21.1 Å². The largest absolute Gasteiger partial charge is 0.507 e. The van der Waals surface area contributed by atoms with Crippen molar-refractivity contribution in [3.8, 4) is 50.7 Å². The topological polar surface area (TPSA) is 88.6 Å². The van der Waals surface area contributed by atoms with Gasteiger partial charge in [-0.15, -0.1) is 0 Å². The molecule has 14 heteroatoms. The van der Waals surface area contributed by atoms with Crippen LogP contribution in [0.15, 0.2) is 36.4 Å². The predicted octanol–water partition coefficient (Wildman–Crippen LogP) is 7.55. The molecule has 56 heavy (non-hydrogen) atoms. The van der Waals surface area contributed by atoms with Crippen molar-refractivity contribution in [3.05, 3.63) is 68.0 Å². The Kier molecular flexibility index (Phi) is 14.8. The lowest BCUT2D eigenvalue weighted by atomic mass is 9.99. The average molecular weight is 825 g/mol. The summed E-state index contributed by atoms with van der Waals surface area (Å²) in [6.45, 7) is 12.1. The number of benzene rings is 3. The minimum Gasteiger partial charge on any atom is -0.507 e. The first-order chi connectivity index (χ1) is 27.2. The van der Waals surface area contributed by atoms with E-state index in [1.165, 1.54) is 10.4 Å². The van der Waals surface area contributed by atoms with Crippen LogP contribution in [0, 0.1) is 3.82 Å².